The first-order valence-corrected chi connectivity index (χ1v) is 6.59. The van der Waals surface area contributed by atoms with Crippen LogP contribution in [0.15, 0.2) is 71.1 Å². The van der Waals surface area contributed by atoms with Crippen LogP contribution in [-0.4, -0.2) is 7.85 Å². The minimum atomic E-state index is 0.769. The van der Waals surface area contributed by atoms with Crippen LogP contribution in [0.25, 0.3) is 33.1 Å². The SMILES string of the molecule is [B]c1ccc(-c2cccc3c2oc2ccccc23)cc1. The molecule has 4 rings (SSSR count). The average molecular weight is 254 g/mol. The van der Waals surface area contributed by atoms with Crippen molar-refractivity contribution in [1.29, 1.82) is 0 Å². The fourth-order valence-corrected chi connectivity index (χ4v) is 2.64. The maximum Gasteiger partial charge on any atom is 0.143 e. The molecule has 1 heterocycles. The monoisotopic (exact) mass is 254 g/mol. The molecular weight excluding hydrogens is 243 g/mol. The lowest BCUT2D eigenvalue weighted by molar-refractivity contribution is 0.670. The van der Waals surface area contributed by atoms with E-state index >= 15 is 0 Å². The van der Waals surface area contributed by atoms with Crippen molar-refractivity contribution in [3.05, 3.63) is 66.7 Å². The summed E-state index contributed by atoms with van der Waals surface area (Å²) in [4.78, 5) is 0. The van der Waals surface area contributed by atoms with Gasteiger partial charge in [-0.2, -0.15) is 0 Å². The normalized spacial score (nSPS) is 11.2. The quantitative estimate of drug-likeness (QED) is 0.467. The number of benzene rings is 3. The summed E-state index contributed by atoms with van der Waals surface area (Å²) in [5, 5.41) is 2.30. The van der Waals surface area contributed by atoms with E-state index in [4.69, 9.17) is 12.3 Å². The standard InChI is InChI=1S/C18H11BO/c19-13-10-8-12(9-11-13)14-5-3-6-16-15-4-1-2-7-17(15)20-18(14)16/h1-11H. The number of fused-ring (bicyclic) bond motifs is 3. The Morgan fingerprint density at radius 3 is 2.30 bits per heavy atom. The summed E-state index contributed by atoms with van der Waals surface area (Å²) in [7, 11) is 5.76. The van der Waals surface area contributed by atoms with Crippen molar-refractivity contribution in [2.75, 3.05) is 0 Å². The summed E-state index contributed by atoms with van der Waals surface area (Å²) in [6.07, 6.45) is 0. The highest BCUT2D eigenvalue weighted by Crippen LogP contribution is 2.35. The van der Waals surface area contributed by atoms with Crippen LogP contribution in [0.5, 0.6) is 0 Å². The minimum absolute atomic E-state index is 0.769. The van der Waals surface area contributed by atoms with Gasteiger partial charge in [-0.3, -0.25) is 0 Å². The lowest BCUT2D eigenvalue weighted by atomic mass is 9.93. The molecule has 0 saturated carbocycles. The molecule has 0 fully saturated rings. The highest BCUT2D eigenvalue weighted by Gasteiger charge is 2.10. The zero-order valence-electron chi connectivity index (χ0n) is 10.8. The largest absolute Gasteiger partial charge is 0.455 e. The molecule has 4 aromatic rings. The molecule has 20 heavy (non-hydrogen) atoms. The second kappa shape index (κ2) is 4.27. The maximum absolute atomic E-state index is 6.04. The Balaban J connectivity index is 2.07. The van der Waals surface area contributed by atoms with Crippen LogP contribution in [0, 0.1) is 0 Å². The Labute approximate surface area is 118 Å². The topological polar surface area (TPSA) is 13.1 Å². The number of hydrogen-bond donors (Lipinski definition) is 0. The van der Waals surface area contributed by atoms with E-state index in [9.17, 15) is 0 Å². The Hall–Kier alpha value is -2.48. The Kier molecular flexibility index (Phi) is 2.43. The van der Waals surface area contributed by atoms with Gasteiger partial charge in [-0.05, 0) is 11.6 Å². The van der Waals surface area contributed by atoms with Gasteiger partial charge in [-0.15, -0.1) is 0 Å². The first-order chi connectivity index (χ1) is 9.83. The van der Waals surface area contributed by atoms with Gasteiger partial charge in [0, 0.05) is 16.3 Å². The Morgan fingerprint density at radius 2 is 1.45 bits per heavy atom. The lowest BCUT2D eigenvalue weighted by Gasteiger charge is -2.03. The highest BCUT2D eigenvalue weighted by atomic mass is 16.3. The fraction of sp³-hybridized carbons (Fsp3) is 0. The van der Waals surface area contributed by atoms with E-state index in [-0.39, 0.29) is 0 Å². The van der Waals surface area contributed by atoms with E-state index in [2.05, 4.69) is 24.3 Å². The number of para-hydroxylation sites is 2. The van der Waals surface area contributed by atoms with Crippen molar-refractivity contribution >= 4 is 35.2 Å². The smallest absolute Gasteiger partial charge is 0.143 e. The molecule has 2 heteroatoms. The molecule has 0 atom stereocenters. The van der Waals surface area contributed by atoms with E-state index in [1.165, 1.54) is 0 Å². The zero-order valence-corrected chi connectivity index (χ0v) is 10.8. The molecule has 2 radical (unpaired) electrons. The van der Waals surface area contributed by atoms with Gasteiger partial charge in [0.15, 0.2) is 0 Å². The van der Waals surface area contributed by atoms with Gasteiger partial charge in [-0.25, -0.2) is 0 Å². The molecule has 1 aromatic heterocycles. The van der Waals surface area contributed by atoms with Gasteiger partial charge < -0.3 is 4.42 Å². The van der Waals surface area contributed by atoms with E-state index < -0.39 is 0 Å². The van der Waals surface area contributed by atoms with Crippen LogP contribution in [0.1, 0.15) is 0 Å². The molecule has 0 N–H and O–H groups in total. The van der Waals surface area contributed by atoms with Gasteiger partial charge in [0.25, 0.3) is 0 Å². The van der Waals surface area contributed by atoms with Gasteiger partial charge in [0.1, 0.15) is 19.0 Å². The fourth-order valence-electron chi connectivity index (χ4n) is 2.64. The Morgan fingerprint density at radius 1 is 0.700 bits per heavy atom. The first-order valence-electron chi connectivity index (χ1n) is 6.59. The lowest BCUT2D eigenvalue weighted by Crippen LogP contribution is -1.99. The molecule has 0 saturated heterocycles. The van der Waals surface area contributed by atoms with Crippen LogP contribution in [0.4, 0.5) is 0 Å². The van der Waals surface area contributed by atoms with Crippen LogP contribution < -0.4 is 5.46 Å². The molecule has 0 aliphatic heterocycles. The zero-order chi connectivity index (χ0) is 13.5. The minimum Gasteiger partial charge on any atom is -0.455 e. The second-order valence-corrected chi connectivity index (χ2v) is 4.90. The molecule has 0 unspecified atom stereocenters. The van der Waals surface area contributed by atoms with Crippen molar-refractivity contribution in [2.45, 2.75) is 0 Å². The molecule has 0 amide bonds. The highest BCUT2D eigenvalue weighted by molar-refractivity contribution is 6.32. The summed E-state index contributed by atoms with van der Waals surface area (Å²) >= 11 is 0. The summed E-state index contributed by atoms with van der Waals surface area (Å²) < 4.78 is 6.04. The molecule has 0 spiro atoms. The molecule has 0 aliphatic carbocycles. The summed E-state index contributed by atoms with van der Waals surface area (Å²) in [6.45, 7) is 0. The Bertz CT molecular complexity index is 904. The molecule has 3 aromatic carbocycles. The predicted octanol–water partition coefficient (Wildman–Crippen LogP) is 4.05. The molecular formula is C18H11BO. The molecule has 0 bridgehead atoms. The third kappa shape index (κ3) is 1.65. The van der Waals surface area contributed by atoms with E-state index in [0.717, 1.165) is 38.5 Å². The number of furan rings is 1. The molecule has 1 nitrogen and oxygen atoms in total. The van der Waals surface area contributed by atoms with Crippen LogP contribution in [-0.2, 0) is 0 Å². The van der Waals surface area contributed by atoms with Gasteiger partial charge in [0.2, 0.25) is 0 Å². The van der Waals surface area contributed by atoms with E-state index in [0.29, 0.717) is 0 Å². The predicted molar refractivity (Wildman–Crippen MR) is 84.5 cm³/mol. The van der Waals surface area contributed by atoms with Crippen molar-refractivity contribution < 1.29 is 4.42 Å². The van der Waals surface area contributed by atoms with Gasteiger partial charge in [-0.1, -0.05) is 66.1 Å². The van der Waals surface area contributed by atoms with Crippen molar-refractivity contribution in [2.24, 2.45) is 0 Å². The molecule has 92 valence electrons. The van der Waals surface area contributed by atoms with Crippen molar-refractivity contribution in [1.82, 2.24) is 0 Å². The van der Waals surface area contributed by atoms with Crippen LogP contribution in [0.3, 0.4) is 0 Å². The molecule has 0 aliphatic rings. The van der Waals surface area contributed by atoms with Gasteiger partial charge in [0.05, 0.1) is 0 Å². The van der Waals surface area contributed by atoms with E-state index in [1.807, 2.05) is 42.5 Å². The van der Waals surface area contributed by atoms with Crippen molar-refractivity contribution in [3.8, 4) is 11.1 Å². The summed E-state index contributed by atoms with van der Waals surface area (Å²) in [6, 6.07) is 22.2. The third-order valence-corrected chi connectivity index (χ3v) is 3.63. The third-order valence-electron chi connectivity index (χ3n) is 3.63. The second-order valence-electron chi connectivity index (χ2n) is 4.90. The first kappa shape index (κ1) is 11.4. The van der Waals surface area contributed by atoms with Gasteiger partial charge >= 0.3 is 0 Å². The number of hydrogen-bond acceptors (Lipinski definition) is 1. The van der Waals surface area contributed by atoms with Crippen LogP contribution in [0.2, 0.25) is 0 Å². The van der Waals surface area contributed by atoms with Crippen molar-refractivity contribution in [3.63, 3.8) is 0 Å². The summed E-state index contributed by atoms with van der Waals surface area (Å²) in [5.74, 6) is 0. The van der Waals surface area contributed by atoms with E-state index in [1.54, 1.807) is 0 Å². The number of rotatable bonds is 1. The summed E-state index contributed by atoms with van der Waals surface area (Å²) in [5.41, 5.74) is 4.83. The van der Waals surface area contributed by atoms with Crippen LogP contribution >= 0.6 is 0 Å². The maximum atomic E-state index is 6.04. The average Bonchev–Trinajstić information content (AvgIpc) is 2.87.